The Labute approximate surface area is 152 Å². The van der Waals surface area contributed by atoms with Gasteiger partial charge in [-0.1, -0.05) is 54.6 Å². The zero-order valence-electron chi connectivity index (χ0n) is 14.7. The van der Waals surface area contributed by atoms with Gasteiger partial charge in [0.15, 0.2) is 11.6 Å². The topological polar surface area (TPSA) is 38.3 Å². The van der Waals surface area contributed by atoms with Crippen LogP contribution >= 0.6 is 0 Å². The van der Waals surface area contributed by atoms with Crippen molar-refractivity contribution in [2.24, 2.45) is 0 Å². The van der Waals surface area contributed by atoms with Crippen molar-refractivity contribution in [3.63, 3.8) is 0 Å². The molecule has 1 unspecified atom stereocenters. The van der Waals surface area contributed by atoms with E-state index in [4.69, 9.17) is 4.74 Å². The predicted molar refractivity (Wildman–Crippen MR) is 99.9 cm³/mol. The molecular formula is C22H20FNO2. The van der Waals surface area contributed by atoms with Gasteiger partial charge in [-0.05, 0) is 41.8 Å². The summed E-state index contributed by atoms with van der Waals surface area (Å²) in [5.74, 6) is -0.795. The first-order valence-corrected chi connectivity index (χ1v) is 8.35. The van der Waals surface area contributed by atoms with Crippen LogP contribution in [0.1, 0.15) is 33.1 Å². The average molecular weight is 349 g/mol. The lowest BCUT2D eigenvalue weighted by molar-refractivity contribution is 0.0942. The highest BCUT2D eigenvalue weighted by molar-refractivity contribution is 5.94. The molecule has 3 aromatic carbocycles. The van der Waals surface area contributed by atoms with Gasteiger partial charge in [0, 0.05) is 5.56 Å². The molecule has 0 bridgehead atoms. The Morgan fingerprint density at radius 1 is 1.00 bits per heavy atom. The summed E-state index contributed by atoms with van der Waals surface area (Å²) < 4.78 is 18.9. The van der Waals surface area contributed by atoms with Gasteiger partial charge in [-0.3, -0.25) is 4.79 Å². The number of hydrogen-bond acceptors (Lipinski definition) is 2. The molecule has 1 atom stereocenters. The van der Waals surface area contributed by atoms with Crippen LogP contribution in [0.25, 0.3) is 0 Å². The van der Waals surface area contributed by atoms with E-state index < -0.39 is 5.82 Å². The fourth-order valence-electron chi connectivity index (χ4n) is 2.92. The molecule has 4 heteroatoms. The lowest BCUT2D eigenvalue weighted by atomic mass is 9.94. The van der Waals surface area contributed by atoms with E-state index in [1.807, 2.05) is 61.5 Å². The van der Waals surface area contributed by atoms with Gasteiger partial charge >= 0.3 is 0 Å². The maximum atomic E-state index is 14.0. The van der Waals surface area contributed by atoms with Gasteiger partial charge in [-0.25, -0.2) is 4.39 Å². The molecule has 0 saturated carbocycles. The highest BCUT2D eigenvalue weighted by atomic mass is 19.1. The van der Waals surface area contributed by atoms with E-state index >= 15 is 0 Å². The van der Waals surface area contributed by atoms with E-state index in [-0.39, 0.29) is 23.3 Å². The van der Waals surface area contributed by atoms with E-state index in [0.29, 0.717) is 0 Å². The molecule has 0 aliphatic rings. The number of benzene rings is 3. The fourth-order valence-corrected chi connectivity index (χ4v) is 2.92. The number of methoxy groups -OCH3 is 1. The van der Waals surface area contributed by atoms with Crippen molar-refractivity contribution < 1.29 is 13.9 Å². The molecule has 3 rings (SSSR count). The molecule has 0 aliphatic carbocycles. The Hall–Kier alpha value is -3.14. The second-order valence-corrected chi connectivity index (χ2v) is 6.02. The van der Waals surface area contributed by atoms with Crippen molar-refractivity contribution in [1.29, 1.82) is 0 Å². The van der Waals surface area contributed by atoms with Crippen molar-refractivity contribution in [3.05, 3.63) is 101 Å². The molecule has 1 N–H and O–H groups in total. The van der Waals surface area contributed by atoms with Crippen LogP contribution in [0.5, 0.6) is 5.75 Å². The molecule has 0 heterocycles. The number of halogens is 1. The Kier molecular flexibility index (Phi) is 5.32. The first kappa shape index (κ1) is 17.7. The lowest BCUT2D eigenvalue weighted by Crippen LogP contribution is -2.29. The summed E-state index contributed by atoms with van der Waals surface area (Å²) in [6.45, 7) is 2.00. The highest BCUT2D eigenvalue weighted by Crippen LogP contribution is 2.26. The normalized spacial score (nSPS) is 11.7. The third kappa shape index (κ3) is 3.75. The molecule has 26 heavy (non-hydrogen) atoms. The minimum atomic E-state index is -0.563. The predicted octanol–water partition coefficient (Wildman–Crippen LogP) is 4.66. The molecule has 132 valence electrons. The number of hydrogen-bond donors (Lipinski definition) is 1. The van der Waals surface area contributed by atoms with Crippen LogP contribution in [0.3, 0.4) is 0 Å². The van der Waals surface area contributed by atoms with Gasteiger partial charge in [0.05, 0.1) is 13.2 Å². The summed E-state index contributed by atoms with van der Waals surface area (Å²) in [6, 6.07) is 21.5. The number of rotatable bonds is 5. The third-order valence-electron chi connectivity index (χ3n) is 4.32. The number of carbonyl (C=O) groups is 1. The van der Waals surface area contributed by atoms with Gasteiger partial charge in [-0.15, -0.1) is 0 Å². The van der Waals surface area contributed by atoms with Crippen LogP contribution in [0.15, 0.2) is 72.8 Å². The number of aryl methyl sites for hydroxylation is 1. The molecule has 0 fully saturated rings. The molecule has 0 spiro atoms. The van der Waals surface area contributed by atoms with Crippen LogP contribution in [0, 0.1) is 12.7 Å². The quantitative estimate of drug-likeness (QED) is 0.727. The molecule has 3 aromatic rings. The zero-order valence-corrected chi connectivity index (χ0v) is 14.7. The Balaban J connectivity index is 1.95. The van der Waals surface area contributed by atoms with E-state index in [9.17, 15) is 9.18 Å². The summed E-state index contributed by atoms with van der Waals surface area (Å²) >= 11 is 0. The summed E-state index contributed by atoms with van der Waals surface area (Å²) in [4.78, 5) is 12.7. The summed E-state index contributed by atoms with van der Waals surface area (Å²) in [6.07, 6.45) is 0. The SMILES string of the molecule is COc1ccc(C(=O)NC(c2ccccc2)c2ccccc2C)cc1F. The monoisotopic (exact) mass is 349 g/mol. The van der Waals surface area contributed by atoms with Crippen molar-refractivity contribution in [2.45, 2.75) is 13.0 Å². The summed E-state index contributed by atoms with van der Waals surface area (Å²) in [7, 11) is 1.39. The molecule has 0 radical (unpaired) electrons. The van der Waals surface area contributed by atoms with E-state index in [1.54, 1.807) is 6.07 Å². The average Bonchev–Trinajstić information content (AvgIpc) is 2.67. The fraction of sp³-hybridized carbons (Fsp3) is 0.136. The molecule has 3 nitrogen and oxygen atoms in total. The van der Waals surface area contributed by atoms with Crippen LogP contribution < -0.4 is 10.1 Å². The van der Waals surface area contributed by atoms with Gasteiger partial charge < -0.3 is 10.1 Å². The Morgan fingerprint density at radius 2 is 1.69 bits per heavy atom. The van der Waals surface area contributed by atoms with E-state index in [0.717, 1.165) is 16.7 Å². The van der Waals surface area contributed by atoms with Gasteiger partial charge in [0.25, 0.3) is 5.91 Å². The van der Waals surface area contributed by atoms with E-state index in [2.05, 4.69) is 5.32 Å². The standard InChI is InChI=1S/C22H20FNO2/c1-15-8-6-7-11-18(15)21(16-9-4-3-5-10-16)24-22(25)17-12-13-20(26-2)19(23)14-17/h3-14,21H,1-2H3,(H,24,25). The lowest BCUT2D eigenvalue weighted by Gasteiger charge is -2.22. The van der Waals surface area contributed by atoms with Gasteiger partial charge in [0.1, 0.15) is 0 Å². The number of ether oxygens (including phenoxy) is 1. The maximum Gasteiger partial charge on any atom is 0.252 e. The number of nitrogens with one attached hydrogen (secondary N) is 1. The van der Waals surface area contributed by atoms with Crippen LogP contribution in [0.4, 0.5) is 4.39 Å². The smallest absolute Gasteiger partial charge is 0.252 e. The number of amides is 1. The Morgan fingerprint density at radius 3 is 2.35 bits per heavy atom. The zero-order chi connectivity index (χ0) is 18.5. The van der Waals surface area contributed by atoms with Crippen LogP contribution in [-0.4, -0.2) is 13.0 Å². The second kappa shape index (κ2) is 7.83. The summed E-state index contributed by atoms with van der Waals surface area (Å²) in [5, 5.41) is 3.02. The third-order valence-corrected chi connectivity index (χ3v) is 4.32. The number of carbonyl (C=O) groups excluding carboxylic acids is 1. The first-order valence-electron chi connectivity index (χ1n) is 8.35. The largest absolute Gasteiger partial charge is 0.494 e. The molecular weight excluding hydrogens is 329 g/mol. The molecule has 0 aliphatic heterocycles. The Bertz CT molecular complexity index is 909. The van der Waals surface area contributed by atoms with Crippen molar-refractivity contribution >= 4 is 5.91 Å². The van der Waals surface area contributed by atoms with E-state index in [1.165, 1.54) is 19.2 Å². The van der Waals surface area contributed by atoms with Gasteiger partial charge in [-0.2, -0.15) is 0 Å². The van der Waals surface area contributed by atoms with Crippen molar-refractivity contribution in [3.8, 4) is 5.75 Å². The first-order chi connectivity index (χ1) is 12.6. The minimum absolute atomic E-state index is 0.111. The second-order valence-electron chi connectivity index (χ2n) is 6.02. The van der Waals surface area contributed by atoms with Crippen LogP contribution in [-0.2, 0) is 0 Å². The van der Waals surface area contributed by atoms with Crippen LogP contribution in [0.2, 0.25) is 0 Å². The summed E-state index contributed by atoms with van der Waals surface area (Å²) in [5.41, 5.74) is 3.28. The molecule has 0 saturated heterocycles. The maximum absolute atomic E-state index is 14.0. The minimum Gasteiger partial charge on any atom is -0.494 e. The van der Waals surface area contributed by atoms with Crippen molar-refractivity contribution in [2.75, 3.05) is 7.11 Å². The highest BCUT2D eigenvalue weighted by Gasteiger charge is 2.20. The van der Waals surface area contributed by atoms with Gasteiger partial charge in [0.2, 0.25) is 0 Å². The molecule has 0 aromatic heterocycles. The molecule has 1 amide bonds. The van der Waals surface area contributed by atoms with Crippen molar-refractivity contribution in [1.82, 2.24) is 5.32 Å².